The Hall–Kier alpha value is -5.68. The van der Waals surface area contributed by atoms with Crippen molar-refractivity contribution in [3.8, 4) is 21.6 Å². The fraction of sp³-hybridized carbons (Fsp3) is 0.435. The van der Waals surface area contributed by atoms with Crippen LogP contribution in [0.3, 0.4) is 0 Å². The van der Waals surface area contributed by atoms with Gasteiger partial charge in [0.25, 0.3) is 10.4 Å². The molecule has 0 bridgehead atoms. The third kappa shape index (κ3) is 12.5. The molecule has 2 fully saturated rings. The fourth-order valence-electron chi connectivity index (χ4n) is 7.70. The fourth-order valence-corrected chi connectivity index (χ4v) is 9.87. The average Bonchev–Trinajstić information content (AvgIpc) is 4.19. The molecule has 0 aromatic carbocycles. The van der Waals surface area contributed by atoms with Crippen LogP contribution < -0.4 is 24.7 Å². The summed E-state index contributed by atoms with van der Waals surface area (Å²) < 4.78 is 24.1. The van der Waals surface area contributed by atoms with Gasteiger partial charge in [-0.05, 0) is 121 Å². The van der Waals surface area contributed by atoms with Gasteiger partial charge >= 0.3 is 19.1 Å². The highest BCUT2D eigenvalue weighted by molar-refractivity contribution is 9.10. The van der Waals surface area contributed by atoms with E-state index in [1.165, 1.54) is 35.1 Å². The number of hydrogen-bond acceptors (Lipinski definition) is 20. The molecule has 8 aromatic rings. The summed E-state index contributed by atoms with van der Waals surface area (Å²) in [6, 6.07) is 16.1. The van der Waals surface area contributed by atoms with E-state index in [4.69, 9.17) is 33.6 Å². The molecular formula is C46H54BBrN12O6S2. The Labute approximate surface area is 410 Å². The van der Waals surface area contributed by atoms with E-state index in [2.05, 4.69) is 112 Å². The quantitative estimate of drug-likeness (QED) is 0.0867. The minimum Gasteiger partial charge on any atom is -0.467 e. The lowest BCUT2D eigenvalue weighted by Gasteiger charge is -2.33. The Morgan fingerprint density at radius 1 is 0.603 bits per heavy atom. The second kappa shape index (κ2) is 22.6. The summed E-state index contributed by atoms with van der Waals surface area (Å²) in [7, 11) is -1.38. The maximum Gasteiger partial charge on any atom is 0.488 e. The summed E-state index contributed by atoms with van der Waals surface area (Å²) in [6.07, 6.45) is 10.8. The molecule has 0 unspecified atom stereocenters. The Bertz CT molecular complexity index is 2820. The number of hydrogen-bond donors (Lipinski definition) is 2. The van der Waals surface area contributed by atoms with Crippen molar-refractivity contribution >= 4 is 83.9 Å². The molecule has 68 heavy (non-hydrogen) atoms. The van der Waals surface area contributed by atoms with Gasteiger partial charge in [0.15, 0.2) is 11.6 Å². The molecule has 2 saturated heterocycles. The van der Waals surface area contributed by atoms with Gasteiger partial charge in [0.2, 0.25) is 0 Å². The van der Waals surface area contributed by atoms with Crippen LogP contribution in [0.2, 0.25) is 0 Å². The van der Waals surface area contributed by atoms with E-state index in [9.17, 15) is 0 Å². The van der Waals surface area contributed by atoms with Crippen molar-refractivity contribution in [2.75, 3.05) is 36.0 Å². The van der Waals surface area contributed by atoms with E-state index >= 15 is 0 Å². The number of ether oxygens (including phenoxy) is 2. The van der Waals surface area contributed by atoms with E-state index in [-0.39, 0.29) is 24.0 Å². The summed E-state index contributed by atoms with van der Waals surface area (Å²) in [5.41, 5.74) is 4.15. The highest BCUT2D eigenvalue weighted by Gasteiger charge is 2.30. The Morgan fingerprint density at radius 2 is 1.06 bits per heavy atom. The predicted molar refractivity (Wildman–Crippen MR) is 267 cm³/mol. The monoisotopic (exact) mass is 1020 g/mol. The van der Waals surface area contributed by atoms with Crippen LogP contribution in [0, 0.1) is 11.8 Å². The summed E-state index contributed by atoms with van der Waals surface area (Å²) in [5, 5.41) is 26.6. The second-order valence-electron chi connectivity index (χ2n) is 17.3. The van der Waals surface area contributed by atoms with Gasteiger partial charge in [0.1, 0.15) is 37.5 Å². The zero-order valence-electron chi connectivity index (χ0n) is 38.7. The van der Waals surface area contributed by atoms with Crippen LogP contribution in [-0.2, 0) is 0 Å². The molecule has 2 aliphatic heterocycles. The number of rotatable bonds is 12. The maximum atomic E-state index is 8.55. The number of anilines is 2. The van der Waals surface area contributed by atoms with Crippen LogP contribution in [0.15, 0.2) is 87.0 Å². The summed E-state index contributed by atoms with van der Waals surface area (Å²) in [4.78, 5) is 41.3. The van der Waals surface area contributed by atoms with Gasteiger partial charge < -0.3 is 38.4 Å². The molecule has 18 nitrogen and oxygen atoms in total. The SMILES string of the molecule is CC(C)c1noc(N2CCC([C@H](C)Oc3nc4ccc(-c5ccncc5)nc4s3)CC2)n1.CC(C)c1noc(N2CCC([C@H](C)Oc3nc4ccc(Br)nc4s3)CC2)n1.OB(O)c1ccncc1. The first-order chi connectivity index (χ1) is 32.9. The zero-order valence-corrected chi connectivity index (χ0v) is 41.9. The molecule has 0 saturated carbocycles. The topological polar surface area (TPSA) is 221 Å². The molecular weight excluding hydrogens is 971 g/mol. The molecule has 0 amide bonds. The van der Waals surface area contributed by atoms with Crippen molar-refractivity contribution in [2.24, 2.45) is 11.8 Å². The van der Waals surface area contributed by atoms with E-state index in [0.717, 1.165) is 100 Å². The lowest BCUT2D eigenvalue weighted by molar-refractivity contribution is 0.131. The molecule has 8 aromatic heterocycles. The number of fused-ring (bicyclic) bond motifs is 2. The average molecular weight is 1030 g/mol. The summed E-state index contributed by atoms with van der Waals surface area (Å²) in [5.74, 6) is 2.99. The van der Waals surface area contributed by atoms with Crippen LogP contribution in [0.5, 0.6) is 10.4 Å². The molecule has 0 radical (unpaired) electrons. The predicted octanol–water partition coefficient (Wildman–Crippen LogP) is 8.35. The third-order valence-electron chi connectivity index (χ3n) is 11.8. The standard InChI is InChI=1S/C23H26N6O2S.C18H22BrN5O2S.C5H6BNO2/c1-14(2)20-27-22(31-28-20)29-12-8-16(9-13-29)15(3)30-23-26-19-5-4-18(25-21(19)32-23)17-6-10-24-11-7-17;1-10(2)15-22-17(26-23-15)24-8-6-12(7-9-24)11(3)25-18-20-13-4-5-14(19)21-16(13)27-18;8-6(9)5-1-3-7-4-2-5/h4-7,10-11,14-16H,8-9,12-13H2,1-3H3;4-5,10-12H,6-9H2,1-3H3;1-4,8-9H/t15-;11-;/m00./s1. The van der Waals surface area contributed by atoms with Gasteiger partial charge in [-0.25, -0.2) is 19.9 Å². The number of pyridine rings is 4. The van der Waals surface area contributed by atoms with Crippen molar-refractivity contribution in [3.05, 3.63) is 89.6 Å². The Kier molecular flexibility index (Phi) is 16.2. The largest absolute Gasteiger partial charge is 0.488 e. The van der Waals surface area contributed by atoms with Crippen LogP contribution in [0.4, 0.5) is 12.0 Å². The summed E-state index contributed by atoms with van der Waals surface area (Å²) in [6.45, 7) is 16.1. The van der Waals surface area contributed by atoms with Gasteiger partial charge in [0.05, 0.1) is 5.69 Å². The van der Waals surface area contributed by atoms with E-state index in [1.807, 2.05) is 36.4 Å². The van der Waals surface area contributed by atoms with Crippen LogP contribution in [0.1, 0.15) is 90.7 Å². The molecule has 356 valence electrons. The molecule has 0 aliphatic carbocycles. The normalized spacial score (nSPS) is 15.5. The highest BCUT2D eigenvalue weighted by atomic mass is 79.9. The molecule has 10 rings (SSSR count). The van der Waals surface area contributed by atoms with E-state index in [0.29, 0.717) is 39.7 Å². The third-order valence-corrected chi connectivity index (χ3v) is 14.0. The highest BCUT2D eigenvalue weighted by Crippen LogP contribution is 2.34. The Morgan fingerprint density at radius 3 is 1.50 bits per heavy atom. The van der Waals surface area contributed by atoms with Crippen LogP contribution >= 0.6 is 38.6 Å². The molecule has 0 spiro atoms. The van der Waals surface area contributed by atoms with Crippen molar-refractivity contribution < 1.29 is 28.6 Å². The smallest absolute Gasteiger partial charge is 0.467 e. The van der Waals surface area contributed by atoms with Crippen LogP contribution in [0.25, 0.3) is 32.0 Å². The van der Waals surface area contributed by atoms with Crippen molar-refractivity contribution in [1.29, 1.82) is 0 Å². The minimum absolute atomic E-state index is 0.0753. The second-order valence-corrected chi connectivity index (χ2v) is 20.0. The van der Waals surface area contributed by atoms with Gasteiger partial charge in [-0.2, -0.15) is 9.97 Å². The number of piperidine rings is 2. The van der Waals surface area contributed by atoms with Crippen molar-refractivity contribution in [2.45, 2.75) is 91.3 Å². The lowest BCUT2D eigenvalue weighted by Crippen LogP contribution is -2.38. The Balaban J connectivity index is 0.000000157. The molecule has 22 heteroatoms. The number of aromatic nitrogens is 10. The first-order valence-electron chi connectivity index (χ1n) is 22.7. The number of nitrogens with zero attached hydrogens (tertiary/aromatic N) is 12. The summed E-state index contributed by atoms with van der Waals surface area (Å²) >= 11 is 6.38. The molecule has 2 N–H and O–H groups in total. The molecule has 2 aliphatic rings. The van der Waals surface area contributed by atoms with Gasteiger partial charge in [-0.15, -0.1) is 0 Å². The molecule has 10 heterocycles. The van der Waals surface area contributed by atoms with Gasteiger partial charge in [-0.3, -0.25) is 9.97 Å². The van der Waals surface area contributed by atoms with Crippen molar-refractivity contribution in [3.63, 3.8) is 0 Å². The lowest BCUT2D eigenvalue weighted by atomic mass is 9.81. The van der Waals surface area contributed by atoms with Gasteiger partial charge in [-0.1, -0.05) is 60.7 Å². The van der Waals surface area contributed by atoms with E-state index < -0.39 is 7.12 Å². The number of thiazole rings is 2. The zero-order chi connectivity index (χ0) is 47.7. The minimum atomic E-state index is -1.38. The maximum absolute atomic E-state index is 8.55. The van der Waals surface area contributed by atoms with E-state index in [1.54, 1.807) is 24.5 Å². The number of halogens is 1. The first kappa shape index (κ1) is 48.8. The van der Waals surface area contributed by atoms with Gasteiger partial charge in [0, 0.05) is 68.4 Å². The first-order valence-corrected chi connectivity index (χ1v) is 25.2. The van der Waals surface area contributed by atoms with Crippen molar-refractivity contribution in [1.82, 2.24) is 50.2 Å². The molecule has 2 atom stereocenters. The van der Waals surface area contributed by atoms with Crippen LogP contribution in [-0.4, -0.2) is 106 Å².